The highest BCUT2D eigenvalue weighted by Gasteiger charge is 2.26. The molecular weight excluding hydrogens is 288 g/mol. The molecule has 116 valence electrons. The summed E-state index contributed by atoms with van der Waals surface area (Å²) < 4.78 is 27.7. The second kappa shape index (κ2) is 6.15. The van der Waals surface area contributed by atoms with Crippen molar-refractivity contribution < 1.29 is 13.2 Å². The lowest BCUT2D eigenvalue weighted by atomic mass is 10.1. The predicted molar refractivity (Wildman–Crippen MR) is 81.5 cm³/mol. The maximum Gasteiger partial charge on any atom is 0.240 e. The fourth-order valence-corrected chi connectivity index (χ4v) is 4.18. The molecule has 2 rings (SSSR count). The third-order valence-electron chi connectivity index (χ3n) is 3.69. The number of sulfonamides is 1. The molecule has 0 aliphatic carbocycles. The summed E-state index contributed by atoms with van der Waals surface area (Å²) in [6.45, 7) is 6.42. The molecule has 1 atom stereocenters. The number of likely N-dealkylation sites (tertiary alicyclic amines) is 1. The summed E-state index contributed by atoms with van der Waals surface area (Å²) in [6.07, 6.45) is 1.58. The van der Waals surface area contributed by atoms with Crippen LogP contribution in [0.15, 0.2) is 23.1 Å². The molecule has 1 N–H and O–H groups in total. The molecule has 21 heavy (non-hydrogen) atoms. The molecule has 5 nitrogen and oxygen atoms in total. The Kier molecular flexibility index (Phi) is 4.68. The Morgan fingerprint density at radius 3 is 2.43 bits per heavy atom. The van der Waals surface area contributed by atoms with Crippen LogP contribution in [0.5, 0.6) is 0 Å². The third kappa shape index (κ3) is 4.04. The highest BCUT2D eigenvalue weighted by atomic mass is 32.2. The molecule has 1 amide bonds. The van der Waals surface area contributed by atoms with Crippen LogP contribution in [0.4, 0.5) is 0 Å². The van der Waals surface area contributed by atoms with E-state index in [9.17, 15) is 13.2 Å². The Bertz CT molecular complexity index is 620. The molecule has 1 aromatic rings. The normalized spacial score (nSPS) is 19.6. The number of carbonyl (C=O) groups excluding carboxylic acids is 1. The van der Waals surface area contributed by atoms with Gasteiger partial charge in [0.2, 0.25) is 15.9 Å². The summed E-state index contributed by atoms with van der Waals surface area (Å²) in [6, 6.07) is 5.06. The van der Waals surface area contributed by atoms with Crippen molar-refractivity contribution in [3.05, 3.63) is 29.3 Å². The molecule has 1 aromatic carbocycles. The zero-order chi connectivity index (χ0) is 15.6. The number of benzene rings is 1. The van der Waals surface area contributed by atoms with E-state index in [1.54, 1.807) is 17.0 Å². The van der Waals surface area contributed by atoms with Crippen molar-refractivity contribution >= 4 is 15.9 Å². The first kappa shape index (κ1) is 16.0. The lowest BCUT2D eigenvalue weighted by Gasteiger charge is -2.32. The van der Waals surface area contributed by atoms with Gasteiger partial charge in [0.05, 0.1) is 4.90 Å². The predicted octanol–water partition coefficient (Wildman–Crippen LogP) is 1.59. The van der Waals surface area contributed by atoms with E-state index in [0.717, 1.165) is 24.0 Å². The summed E-state index contributed by atoms with van der Waals surface area (Å²) in [5.41, 5.74) is 1.84. The number of piperidine rings is 1. The average Bonchev–Trinajstić information content (AvgIpc) is 2.37. The van der Waals surface area contributed by atoms with E-state index >= 15 is 0 Å². The third-order valence-corrected chi connectivity index (χ3v) is 5.19. The Labute approximate surface area is 126 Å². The van der Waals surface area contributed by atoms with Crippen molar-refractivity contribution in [1.29, 1.82) is 0 Å². The van der Waals surface area contributed by atoms with Gasteiger partial charge in [-0.25, -0.2) is 13.1 Å². The summed E-state index contributed by atoms with van der Waals surface area (Å²) >= 11 is 0. The molecular formula is C15H22N2O3S. The molecule has 0 spiro atoms. The van der Waals surface area contributed by atoms with Crippen LogP contribution in [0, 0.1) is 13.8 Å². The van der Waals surface area contributed by atoms with Gasteiger partial charge in [0.15, 0.2) is 0 Å². The molecule has 1 unspecified atom stereocenters. The van der Waals surface area contributed by atoms with E-state index in [1.165, 1.54) is 6.92 Å². The second-order valence-electron chi connectivity index (χ2n) is 5.75. The van der Waals surface area contributed by atoms with Crippen LogP contribution in [-0.4, -0.2) is 38.4 Å². The highest BCUT2D eigenvalue weighted by molar-refractivity contribution is 7.89. The summed E-state index contributed by atoms with van der Waals surface area (Å²) in [5, 5.41) is 0. The van der Waals surface area contributed by atoms with Gasteiger partial charge in [-0.2, -0.15) is 0 Å². The Morgan fingerprint density at radius 2 is 1.86 bits per heavy atom. The molecule has 1 heterocycles. The summed E-state index contributed by atoms with van der Waals surface area (Å²) in [5.74, 6) is -0.00898. The minimum Gasteiger partial charge on any atom is -0.341 e. The number of nitrogens with zero attached hydrogens (tertiary/aromatic N) is 1. The van der Waals surface area contributed by atoms with Crippen LogP contribution < -0.4 is 4.72 Å². The maximum absolute atomic E-state index is 12.5. The topological polar surface area (TPSA) is 66.5 Å². The van der Waals surface area contributed by atoms with E-state index in [0.29, 0.717) is 18.0 Å². The van der Waals surface area contributed by atoms with Gasteiger partial charge in [-0.1, -0.05) is 6.07 Å². The number of rotatable bonds is 3. The molecule has 0 aromatic heterocycles. The van der Waals surface area contributed by atoms with Crippen LogP contribution in [-0.2, 0) is 14.8 Å². The average molecular weight is 310 g/mol. The first-order valence-electron chi connectivity index (χ1n) is 7.14. The minimum absolute atomic E-state index is 0.00898. The van der Waals surface area contributed by atoms with Crippen molar-refractivity contribution in [3.63, 3.8) is 0 Å². The summed E-state index contributed by atoms with van der Waals surface area (Å²) in [7, 11) is -3.54. The van der Waals surface area contributed by atoms with Crippen LogP contribution >= 0.6 is 0 Å². The van der Waals surface area contributed by atoms with Crippen LogP contribution in [0.25, 0.3) is 0 Å². The summed E-state index contributed by atoms with van der Waals surface area (Å²) in [4.78, 5) is 13.4. The van der Waals surface area contributed by atoms with Crippen molar-refractivity contribution in [3.8, 4) is 0 Å². The van der Waals surface area contributed by atoms with Crippen molar-refractivity contribution in [2.45, 2.75) is 44.6 Å². The Morgan fingerprint density at radius 1 is 1.24 bits per heavy atom. The van der Waals surface area contributed by atoms with Gasteiger partial charge in [-0.15, -0.1) is 0 Å². The first-order valence-corrected chi connectivity index (χ1v) is 8.62. The number of aryl methyl sites for hydroxylation is 2. The lowest BCUT2D eigenvalue weighted by Crippen LogP contribution is -2.48. The molecule has 1 saturated heterocycles. The smallest absolute Gasteiger partial charge is 0.240 e. The monoisotopic (exact) mass is 310 g/mol. The van der Waals surface area contributed by atoms with Gasteiger partial charge in [-0.3, -0.25) is 4.79 Å². The SMILES string of the molecule is CC(=O)N1CCCC(NS(=O)(=O)c2cc(C)cc(C)c2)C1. The molecule has 1 aliphatic heterocycles. The quantitative estimate of drug-likeness (QED) is 0.922. The van der Waals surface area contributed by atoms with Gasteiger partial charge in [0.25, 0.3) is 0 Å². The Hall–Kier alpha value is -1.40. The molecule has 1 aliphatic rings. The fraction of sp³-hybridized carbons (Fsp3) is 0.533. The number of amides is 1. The van der Waals surface area contributed by atoms with Crippen LogP contribution in [0.3, 0.4) is 0 Å². The Balaban J connectivity index is 2.15. The molecule has 0 bridgehead atoms. The molecule has 6 heteroatoms. The van der Waals surface area contributed by atoms with E-state index in [1.807, 2.05) is 19.9 Å². The lowest BCUT2D eigenvalue weighted by molar-refractivity contribution is -0.130. The zero-order valence-electron chi connectivity index (χ0n) is 12.7. The number of carbonyl (C=O) groups is 1. The van der Waals surface area contributed by atoms with Crippen LogP contribution in [0.1, 0.15) is 30.9 Å². The van der Waals surface area contributed by atoms with E-state index < -0.39 is 10.0 Å². The van der Waals surface area contributed by atoms with Gasteiger partial charge in [0.1, 0.15) is 0 Å². The van der Waals surface area contributed by atoms with Crippen LogP contribution in [0.2, 0.25) is 0 Å². The van der Waals surface area contributed by atoms with E-state index in [2.05, 4.69) is 4.72 Å². The standard InChI is InChI=1S/C15H22N2O3S/c1-11-7-12(2)9-15(8-11)21(19,20)16-14-5-4-6-17(10-14)13(3)18/h7-9,14,16H,4-6,10H2,1-3H3. The van der Waals surface area contributed by atoms with Gasteiger partial charge < -0.3 is 4.90 Å². The fourth-order valence-electron chi connectivity index (χ4n) is 2.73. The molecule has 0 radical (unpaired) electrons. The zero-order valence-corrected chi connectivity index (χ0v) is 13.5. The van der Waals surface area contributed by atoms with Crippen molar-refractivity contribution in [2.75, 3.05) is 13.1 Å². The minimum atomic E-state index is -3.54. The molecule has 0 saturated carbocycles. The number of hydrogen-bond donors (Lipinski definition) is 1. The van der Waals surface area contributed by atoms with Crippen molar-refractivity contribution in [2.24, 2.45) is 0 Å². The van der Waals surface area contributed by atoms with E-state index in [-0.39, 0.29) is 11.9 Å². The highest BCUT2D eigenvalue weighted by Crippen LogP contribution is 2.17. The second-order valence-corrected chi connectivity index (χ2v) is 7.46. The van der Waals surface area contributed by atoms with Crippen molar-refractivity contribution in [1.82, 2.24) is 9.62 Å². The van der Waals surface area contributed by atoms with E-state index in [4.69, 9.17) is 0 Å². The number of nitrogens with one attached hydrogen (secondary N) is 1. The van der Waals surface area contributed by atoms with Gasteiger partial charge in [-0.05, 0) is 49.9 Å². The maximum atomic E-state index is 12.5. The largest absolute Gasteiger partial charge is 0.341 e. The number of hydrogen-bond acceptors (Lipinski definition) is 3. The van der Waals surface area contributed by atoms with Gasteiger partial charge >= 0.3 is 0 Å². The van der Waals surface area contributed by atoms with Gasteiger partial charge in [0, 0.05) is 26.1 Å². The molecule has 1 fully saturated rings. The first-order chi connectivity index (χ1) is 9.78.